The highest BCUT2D eigenvalue weighted by Gasteiger charge is 2.28. The van der Waals surface area contributed by atoms with Gasteiger partial charge >= 0.3 is 6.09 Å². The first kappa shape index (κ1) is 24.4. The largest absolute Gasteiger partial charge is 0.457 e. The smallest absolute Gasteiger partial charge is 0.410 e. The zero-order chi connectivity index (χ0) is 24.3. The molecule has 2 aromatic carbocycles. The summed E-state index contributed by atoms with van der Waals surface area (Å²) in [6.45, 7) is 12.6. The van der Waals surface area contributed by atoms with Crippen LogP contribution in [0.5, 0.6) is 11.5 Å². The van der Waals surface area contributed by atoms with Crippen molar-refractivity contribution in [2.75, 3.05) is 18.4 Å². The number of carbonyl (C=O) groups is 1. The minimum Gasteiger partial charge on any atom is -0.457 e. The van der Waals surface area contributed by atoms with Crippen molar-refractivity contribution < 1.29 is 19.2 Å². The van der Waals surface area contributed by atoms with E-state index in [-0.39, 0.29) is 17.8 Å². The van der Waals surface area contributed by atoms with Crippen LogP contribution in [0.25, 0.3) is 0 Å². The van der Waals surface area contributed by atoms with Crippen LogP contribution in [0.3, 0.4) is 0 Å². The van der Waals surface area contributed by atoms with Gasteiger partial charge in [0, 0.05) is 31.3 Å². The van der Waals surface area contributed by atoms with E-state index in [0.717, 1.165) is 22.4 Å². The second kappa shape index (κ2) is 9.68. The van der Waals surface area contributed by atoms with Crippen molar-refractivity contribution in [1.82, 2.24) is 4.90 Å². The molecular formula is C25H33N3O5. The molecule has 1 heterocycles. The molecule has 0 unspecified atom stereocenters. The van der Waals surface area contributed by atoms with Crippen LogP contribution in [0.2, 0.25) is 0 Å². The molecule has 1 saturated heterocycles. The number of amides is 1. The number of nitrogens with one attached hydrogen (secondary N) is 1. The molecule has 1 aliphatic rings. The van der Waals surface area contributed by atoms with Gasteiger partial charge in [0.2, 0.25) is 0 Å². The predicted octanol–water partition coefficient (Wildman–Crippen LogP) is 6.12. The van der Waals surface area contributed by atoms with Crippen molar-refractivity contribution >= 4 is 17.5 Å². The summed E-state index contributed by atoms with van der Waals surface area (Å²) in [6.07, 6.45) is 1.00. The summed E-state index contributed by atoms with van der Waals surface area (Å²) in [7, 11) is 0. The first-order valence-electron chi connectivity index (χ1n) is 11.2. The van der Waals surface area contributed by atoms with Crippen molar-refractivity contribution in [1.29, 1.82) is 0 Å². The van der Waals surface area contributed by atoms with Crippen LogP contribution in [0.4, 0.5) is 16.2 Å². The third kappa shape index (κ3) is 6.37. The zero-order valence-corrected chi connectivity index (χ0v) is 20.2. The van der Waals surface area contributed by atoms with Crippen LogP contribution < -0.4 is 10.1 Å². The number of nitro benzene ring substituents is 1. The number of hydrogen-bond acceptors (Lipinski definition) is 6. The maximum atomic E-state index is 12.3. The molecule has 2 aromatic rings. The third-order valence-corrected chi connectivity index (χ3v) is 5.50. The average Bonchev–Trinajstić information content (AvgIpc) is 2.70. The van der Waals surface area contributed by atoms with Gasteiger partial charge < -0.3 is 19.7 Å². The standard InChI is InChI=1S/C25H33N3O5/c1-16-13-17(2)23(18(3)14-16)32-20-7-8-22(28(30)31)21(15-20)26-19-9-11-27(12-10-19)24(29)33-25(4,5)6/h7-8,13-15,19,26H,9-12H2,1-6H3. The molecule has 0 radical (unpaired) electrons. The highest BCUT2D eigenvalue weighted by molar-refractivity contribution is 5.68. The molecule has 178 valence electrons. The Hall–Kier alpha value is -3.29. The van der Waals surface area contributed by atoms with Gasteiger partial charge in [-0.15, -0.1) is 0 Å². The molecular weight excluding hydrogens is 422 g/mol. The number of piperidine rings is 1. The molecule has 3 rings (SSSR count). The Morgan fingerprint density at radius 1 is 1.09 bits per heavy atom. The fraction of sp³-hybridized carbons (Fsp3) is 0.480. The number of anilines is 1. The van der Waals surface area contributed by atoms with Crippen LogP contribution in [0.15, 0.2) is 30.3 Å². The Morgan fingerprint density at radius 2 is 1.70 bits per heavy atom. The highest BCUT2D eigenvalue weighted by Crippen LogP contribution is 2.35. The van der Waals surface area contributed by atoms with Crippen LogP contribution in [0.1, 0.15) is 50.3 Å². The Kier molecular flexibility index (Phi) is 7.15. The molecule has 1 aliphatic heterocycles. The maximum absolute atomic E-state index is 12.3. The Labute approximate surface area is 195 Å². The second-order valence-corrected chi connectivity index (χ2v) is 9.65. The first-order valence-corrected chi connectivity index (χ1v) is 11.2. The number of rotatable bonds is 5. The molecule has 0 aliphatic carbocycles. The Balaban J connectivity index is 1.73. The summed E-state index contributed by atoms with van der Waals surface area (Å²) in [5, 5.41) is 14.9. The van der Waals surface area contributed by atoms with Crippen molar-refractivity contribution in [2.24, 2.45) is 0 Å². The third-order valence-electron chi connectivity index (χ3n) is 5.50. The number of benzene rings is 2. The van der Waals surface area contributed by atoms with Crippen molar-refractivity contribution in [2.45, 2.75) is 66.0 Å². The fourth-order valence-electron chi connectivity index (χ4n) is 4.05. The SMILES string of the molecule is Cc1cc(C)c(Oc2ccc([N+](=O)[O-])c(NC3CCN(C(=O)OC(C)(C)C)CC3)c2)c(C)c1. The van der Waals surface area contributed by atoms with Crippen LogP contribution >= 0.6 is 0 Å². The molecule has 33 heavy (non-hydrogen) atoms. The lowest BCUT2D eigenvalue weighted by molar-refractivity contribution is -0.384. The molecule has 0 bridgehead atoms. The van der Waals surface area contributed by atoms with Gasteiger partial charge in [-0.05, 0) is 71.6 Å². The van der Waals surface area contributed by atoms with E-state index in [1.165, 1.54) is 6.07 Å². The van der Waals surface area contributed by atoms with Crippen molar-refractivity contribution in [3.63, 3.8) is 0 Å². The van der Waals surface area contributed by atoms with Crippen molar-refractivity contribution in [3.05, 3.63) is 57.1 Å². The van der Waals surface area contributed by atoms with E-state index in [1.807, 2.05) is 53.7 Å². The molecule has 1 N–H and O–H groups in total. The van der Waals surface area contributed by atoms with E-state index in [4.69, 9.17) is 9.47 Å². The number of nitro groups is 1. The number of likely N-dealkylation sites (tertiary alicyclic amines) is 1. The molecule has 0 aromatic heterocycles. The lowest BCUT2D eigenvalue weighted by Crippen LogP contribution is -2.44. The van der Waals surface area contributed by atoms with Crippen LogP contribution in [-0.4, -0.2) is 40.6 Å². The van der Waals surface area contributed by atoms with Gasteiger partial charge in [-0.25, -0.2) is 4.79 Å². The lowest BCUT2D eigenvalue weighted by Gasteiger charge is -2.34. The summed E-state index contributed by atoms with van der Waals surface area (Å²) < 4.78 is 11.6. The maximum Gasteiger partial charge on any atom is 0.410 e. The number of hydrogen-bond donors (Lipinski definition) is 1. The van der Waals surface area contributed by atoms with E-state index in [9.17, 15) is 14.9 Å². The molecule has 8 heteroatoms. The van der Waals surface area contributed by atoms with Gasteiger partial charge in [-0.1, -0.05) is 17.7 Å². The molecule has 0 atom stereocenters. The topological polar surface area (TPSA) is 93.9 Å². The Morgan fingerprint density at radius 3 is 2.24 bits per heavy atom. The second-order valence-electron chi connectivity index (χ2n) is 9.65. The fourth-order valence-corrected chi connectivity index (χ4v) is 4.05. The summed E-state index contributed by atoms with van der Waals surface area (Å²) >= 11 is 0. The number of ether oxygens (including phenoxy) is 2. The van der Waals surface area contributed by atoms with E-state index in [2.05, 4.69) is 5.32 Å². The normalized spacial score (nSPS) is 14.7. The lowest BCUT2D eigenvalue weighted by atomic mass is 10.0. The van der Waals surface area contributed by atoms with E-state index in [1.54, 1.807) is 17.0 Å². The molecule has 0 saturated carbocycles. The predicted molar refractivity (Wildman–Crippen MR) is 128 cm³/mol. The van der Waals surface area contributed by atoms with Gasteiger partial charge in [-0.3, -0.25) is 10.1 Å². The van der Waals surface area contributed by atoms with Crippen molar-refractivity contribution in [3.8, 4) is 11.5 Å². The number of carbonyl (C=O) groups excluding carboxylic acids is 1. The monoisotopic (exact) mass is 455 g/mol. The summed E-state index contributed by atoms with van der Waals surface area (Å²) in [6, 6.07) is 8.85. The average molecular weight is 456 g/mol. The molecule has 1 amide bonds. The van der Waals surface area contributed by atoms with Gasteiger partial charge in [0.25, 0.3) is 5.69 Å². The molecule has 0 spiro atoms. The van der Waals surface area contributed by atoms with E-state index in [0.29, 0.717) is 37.4 Å². The zero-order valence-electron chi connectivity index (χ0n) is 20.2. The summed E-state index contributed by atoms with van der Waals surface area (Å²) in [4.78, 5) is 25.2. The van der Waals surface area contributed by atoms with Gasteiger partial charge in [0.1, 0.15) is 22.8 Å². The first-order chi connectivity index (χ1) is 15.4. The highest BCUT2D eigenvalue weighted by atomic mass is 16.6. The quantitative estimate of drug-likeness (QED) is 0.431. The van der Waals surface area contributed by atoms with Gasteiger partial charge in [-0.2, -0.15) is 0 Å². The minimum absolute atomic E-state index is 0.000448. The van der Waals surface area contributed by atoms with Crippen LogP contribution in [0, 0.1) is 30.9 Å². The molecule has 1 fully saturated rings. The van der Waals surface area contributed by atoms with E-state index >= 15 is 0 Å². The summed E-state index contributed by atoms with van der Waals surface area (Å²) in [5.74, 6) is 1.29. The van der Waals surface area contributed by atoms with Crippen LogP contribution in [-0.2, 0) is 4.74 Å². The minimum atomic E-state index is -0.540. The summed E-state index contributed by atoms with van der Waals surface area (Å²) in [5.41, 5.74) is 3.04. The Bertz CT molecular complexity index is 1010. The van der Waals surface area contributed by atoms with Gasteiger partial charge in [0.05, 0.1) is 4.92 Å². The van der Waals surface area contributed by atoms with Gasteiger partial charge in [0.15, 0.2) is 0 Å². The van der Waals surface area contributed by atoms with E-state index < -0.39 is 10.5 Å². The molecule has 8 nitrogen and oxygen atoms in total. The number of nitrogens with zero attached hydrogens (tertiary/aromatic N) is 2. The number of aryl methyl sites for hydroxylation is 3.